The molecule has 0 spiro atoms. The van der Waals surface area contributed by atoms with Gasteiger partial charge in [0.2, 0.25) is 0 Å². The second-order valence-electron chi connectivity index (χ2n) is 6.89. The molecular weight excluding hydrogens is 435 g/mol. The number of aromatic nitrogens is 4. The summed E-state index contributed by atoms with van der Waals surface area (Å²) >= 11 is 0. The van der Waals surface area contributed by atoms with Gasteiger partial charge in [-0.2, -0.15) is 13.1 Å². The monoisotopic (exact) mass is 452 g/mol. The fourth-order valence-corrected chi connectivity index (χ4v) is 4.02. The van der Waals surface area contributed by atoms with Crippen molar-refractivity contribution < 1.29 is 26.7 Å². The zero-order chi connectivity index (χ0) is 22.2. The average Bonchev–Trinajstić information content (AvgIpc) is 3.28. The van der Waals surface area contributed by atoms with Crippen molar-refractivity contribution in [3.8, 4) is 5.75 Å². The van der Waals surface area contributed by atoms with E-state index >= 15 is 0 Å². The minimum absolute atomic E-state index is 0.107. The molecule has 0 saturated carbocycles. The molecule has 1 fully saturated rings. The van der Waals surface area contributed by atoms with Gasteiger partial charge in [0, 0.05) is 24.6 Å². The van der Waals surface area contributed by atoms with Crippen LogP contribution in [0.3, 0.4) is 0 Å². The van der Waals surface area contributed by atoms with E-state index < -0.39 is 39.6 Å². The number of nitrogens with one attached hydrogen (secondary N) is 1. The Morgan fingerprint density at radius 2 is 2.06 bits per heavy atom. The van der Waals surface area contributed by atoms with Gasteiger partial charge < -0.3 is 8.92 Å². The largest absolute Gasteiger partial charge is 0.382 e. The van der Waals surface area contributed by atoms with Crippen LogP contribution in [0.25, 0.3) is 11.2 Å². The fourth-order valence-electron chi connectivity index (χ4n) is 3.23. The Balaban J connectivity index is 1.41. The van der Waals surface area contributed by atoms with Crippen molar-refractivity contribution in [1.29, 1.82) is 0 Å². The Labute approximate surface area is 175 Å². The third kappa shape index (κ3) is 4.30. The van der Waals surface area contributed by atoms with Crippen LogP contribution in [0.5, 0.6) is 5.75 Å². The first-order chi connectivity index (χ1) is 14.7. The smallest absolute Gasteiger partial charge is 0.371 e. The second kappa shape index (κ2) is 8.13. The van der Waals surface area contributed by atoms with E-state index in [0.29, 0.717) is 11.2 Å². The SMILES string of the molecule is C[C@H]1[C@@H](F)[C@H](n2cnc3cncnc32)O[C@@H]1CNS(=O)(=O)Oc1ccc([N+](=O)[O-])cc1. The number of halogens is 1. The summed E-state index contributed by atoms with van der Waals surface area (Å²) in [5.41, 5.74) is 0.674. The molecule has 1 N–H and O–H groups in total. The maximum atomic E-state index is 14.9. The molecule has 2 aromatic heterocycles. The third-order valence-corrected chi connectivity index (χ3v) is 5.83. The van der Waals surface area contributed by atoms with Gasteiger partial charge in [0.15, 0.2) is 18.0 Å². The van der Waals surface area contributed by atoms with Crippen LogP contribution in [-0.4, -0.2) is 51.7 Å². The van der Waals surface area contributed by atoms with Crippen LogP contribution in [0, 0.1) is 16.0 Å². The van der Waals surface area contributed by atoms with E-state index in [1.165, 1.54) is 23.4 Å². The number of nitrogens with zero attached hydrogens (tertiary/aromatic N) is 5. The van der Waals surface area contributed by atoms with Crippen LogP contribution in [-0.2, 0) is 15.0 Å². The number of nitro benzene ring substituents is 1. The molecule has 1 aliphatic heterocycles. The molecule has 31 heavy (non-hydrogen) atoms. The van der Waals surface area contributed by atoms with E-state index in [4.69, 9.17) is 8.92 Å². The lowest BCUT2D eigenvalue weighted by Crippen LogP contribution is -2.37. The normalized spacial score (nSPS) is 23.8. The summed E-state index contributed by atoms with van der Waals surface area (Å²) in [6.07, 6.45) is 0.957. The zero-order valence-corrected chi connectivity index (χ0v) is 16.8. The second-order valence-corrected chi connectivity index (χ2v) is 8.25. The van der Waals surface area contributed by atoms with Crippen molar-refractivity contribution in [2.75, 3.05) is 6.54 Å². The van der Waals surface area contributed by atoms with Gasteiger partial charge in [0.05, 0.1) is 23.6 Å². The molecule has 1 aromatic carbocycles. The lowest BCUT2D eigenvalue weighted by atomic mass is 10.0. The highest BCUT2D eigenvalue weighted by Gasteiger charge is 2.44. The van der Waals surface area contributed by atoms with Crippen molar-refractivity contribution in [2.24, 2.45) is 5.92 Å². The van der Waals surface area contributed by atoms with Gasteiger partial charge in [0.25, 0.3) is 5.69 Å². The Morgan fingerprint density at radius 1 is 1.32 bits per heavy atom. The Bertz CT molecular complexity index is 1200. The van der Waals surface area contributed by atoms with Crippen molar-refractivity contribution in [2.45, 2.75) is 25.4 Å². The number of hydrogen-bond donors (Lipinski definition) is 1. The molecule has 0 bridgehead atoms. The Morgan fingerprint density at radius 3 is 2.77 bits per heavy atom. The summed E-state index contributed by atoms with van der Waals surface area (Å²) in [7, 11) is -4.26. The number of fused-ring (bicyclic) bond motifs is 1. The van der Waals surface area contributed by atoms with Crippen molar-refractivity contribution >= 4 is 27.2 Å². The van der Waals surface area contributed by atoms with E-state index in [0.717, 1.165) is 24.3 Å². The van der Waals surface area contributed by atoms with Crippen LogP contribution in [0.1, 0.15) is 13.2 Å². The average molecular weight is 452 g/mol. The summed E-state index contributed by atoms with van der Waals surface area (Å²) in [5, 5.41) is 10.7. The van der Waals surface area contributed by atoms with Crippen LogP contribution in [0.2, 0.25) is 0 Å². The molecule has 1 saturated heterocycles. The molecular formula is C17H17FN6O6S. The molecule has 164 valence electrons. The van der Waals surface area contributed by atoms with E-state index in [1.54, 1.807) is 6.92 Å². The number of non-ortho nitro benzene ring substituents is 1. The highest BCUT2D eigenvalue weighted by molar-refractivity contribution is 7.85. The summed E-state index contributed by atoms with van der Waals surface area (Å²) in [6.45, 7) is 1.37. The minimum atomic E-state index is -4.26. The first-order valence-electron chi connectivity index (χ1n) is 9.11. The van der Waals surface area contributed by atoms with Gasteiger partial charge in [-0.1, -0.05) is 6.92 Å². The van der Waals surface area contributed by atoms with Crippen molar-refractivity contribution in [3.05, 3.63) is 53.2 Å². The predicted octanol–water partition coefficient (Wildman–Crippen LogP) is 1.52. The van der Waals surface area contributed by atoms with E-state index in [9.17, 15) is 22.9 Å². The number of hydrogen-bond acceptors (Lipinski definition) is 9. The van der Waals surface area contributed by atoms with Gasteiger partial charge in [-0.25, -0.2) is 19.3 Å². The third-order valence-electron chi connectivity index (χ3n) is 4.90. The number of alkyl halides is 1. The molecule has 14 heteroatoms. The molecule has 12 nitrogen and oxygen atoms in total. The molecule has 1 aliphatic rings. The highest BCUT2D eigenvalue weighted by atomic mass is 32.2. The lowest BCUT2D eigenvalue weighted by Gasteiger charge is -2.16. The van der Waals surface area contributed by atoms with Crippen LogP contribution >= 0.6 is 0 Å². The van der Waals surface area contributed by atoms with Gasteiger partial charge in [-0.15, -0.1) is 0 Å². The van der Waals surface area contributed by atoms with Crippen molar-refractivity contribution in [3.63, 3.8) is 0 Å². The van der Waals surface area contributed by atoms with E-state index in [-0.39, 0.29) is 18.0 Å². The predicted molar refractivity (Wildman–Crippen MR) is 104 cm³/mol. The van der Waals surface area contributed by atoms with E-state index in [1.807, 2.05) is 0 Å². The van der Waals surface area contributed by atoms with E-state index in [2.05, 4.69) is 19.7 Å². The molecule has 0 amide bonds. The minimum Gasteiger partial charge on any atom is -0.371 e. The summed E-state index contributed by atoms with van der Waals surface area (Å²) in [4.78, 5) is 22.1. The molecule has 0 radical (unpaired) electrons. The molecule has 0 unspecified atom stereocenters. The number of ether oxygens (including phenoxy) is 1. The maximum absolute atomic E-state index is 14.9. The van der Waals surface area contributed by atoms with Gasteiger partial charge in [0.1, 0.15) is 17.6 Å². The molecule has 3 heterocycles. The molecule has 3 aromatic rings. The molecule has 4 atom stereocenters. The maximum Gasteiger partial charge on any atom is 0.382 e. The lowest BCUT2D eigenvalue weighted by molar-refractivity contribution is -0.384. The standard InChI is InChI=1S/C17H17FN6O6S/c1-10-14(7-22-31(27,28)30-12-4-2-11(3-5-12)24(25)26)29-17(15(10)18)23-9-21-13-6-19-8-20-16(13)23/h2-6,8-10,14-15,17,22H,7H2,1H3/t10-,14-,15-,17-/m1/s1. The Hall–Kier alpha value is -3.23. The summed E-state index contributed by atoms with van der Waals surface area (Å²) < 4.78 is 53.6. The quantitative estimate of drug-likeness (QED) is 0.415. The fraction of sp³-hybridized carbons (Fsp3) is 0.353. The number of rotatable bonds is 7. The molecule has 4 rings (SSSR count). The first kappa shape index (κ1) is 21.0. The summed E-state index contributed by atoms with van der Waals surface area (Å²) in [5.74, 6) is -0.740. The van der Waals surface area contributed by atoms with Crippen molar-refractivity contribution in [1.82, 2.24) is 24.2 Å². The highest BCUT2D eigenvalue weighted by Crippen LogP contribution is 2.37. The number of nitro groups is 1. The van der Waals surface area contributed by atoms with Gasteiger partial charge in [-0.3, -0.25) is 14.7 Å². The Kier molecular flexibility index (Phi) is 5.51. The topological polar surface area (TPSA) is 151 Å². The number of imidazole rings is 1. The van der Waals surface area contributed by atoms with Crippen LogP contribution in [0.15, 0.2) is 43.1 Å². The number of benzene rings is 1. The molecule has 0 aliphatic carbocycles. The zero-order valence-electron chi connectivity index (χ0n) is 16.0. The summed E-state index contributed by atoms with van der Waals surface area (Å²) in [6, 6.07) is 4.55. The van der Waals surface area contributed by atoms with Crippen LogP contribution in [0.4, 0.5) is 10.1 Å². The van der Waals surface area contributed by atoms with Crippen LogP contribution < -0.4 is 8.91 Å². The van der Waals surface area contributed by atoms with Gasteiger partial charge >= 0.3 is 10.3 Å². The van der Waals surface area contributed by atoms with Gasteiger partial charge in [-0.05, 0) is 12.1 Å². The first-order valence-corrected chi connectivity index (χ1v) is 10.5.